The van der Waals surface area contributed by atoms with Crippen LogP contribution >= 0.6 is 23.2 Å². The highest BCUT2D eigenvalue weighted by Gasteiger charge is 2.00. The predicted molar refractivity (Wildman–Crippen MR) is 74.2 cm³/mol. The number of nitriles is 1. The van der Waals surface area contributed by atoms with E-state index in [9.17, 15) is 0 Å². The summed E-state index contributed by atoms with van der Waals surface area (Å²) in [4.78, 5) is 7.44. The average molecular weight is 294 g/mol. The number of nitrogens with zero attached hydrogens (tertiary/aromatic N) is 3. The van der Waals surface area contributed by atoms with Crippen LogP contribution in [0.1, 0.15) is 11.1 Å². The Bertz CT molecular complexity index is 622. The quantitative estimate of drug-likeness (QED) is 0.479. The summed E-state index contributed by atoms with van der Waals surface area (Å²) in [7, 11) is 0. The van der Waals surface area contributed by atoms with Gasteiger partial charge in [-0.2, -0.15) is 5.26 Å². The van der Waals surface area contributed by atoms with Crippen LogP contribution in [-0.2, 0) is 0 Å². The van der Waals surface area contributed by atoms with Gasteiger partial charge >= 0.3 is 0 Å². The summed E-state index contributed by atoms with van der Waals surface area (Å²) < 4.78 is 0. The molecule has 0 aromatic carbocycles. The fraction of sp³-hybridized carbons (Fsp3) is 0. The van der Waals surface area contributed by atoms with Crippen LogP contribution in [0.25, 0.3) is 0 Å². The van der Waals surface area contributed by atoms with Crippen LogP contribution in [0.2, 0.25) is 10.3 Å². The van der Waals surface area contributed by atoms with Gasteiger partial charge in [0.2, 0.25) is 0 Å². The van der Waals surface area contributed by atoms with Crippen molar-refractivity contribution >= 4 is 29.0 Å². The molecule has 0 saturated heterocycles. The summed E-state index contributed by atoms with van der Waals surface area (Å²) in [5.74, 6) is -0.0573. The van der Waals surface area contributed by atoms with E-state index in [0.717, 1.165) is 0 Å². The Hall–Kier alpha value is -2.16. The second kappa shape index (κ2) is 7.31. The summed E-state index contributed by atoms with van der Waals surface area (Å²) in [6.45, 7) is 0. The van der Waals surface area contributed by atoms with E-state index < -0.39 is 0 Å². The standard InChI is InChI=1S/C6H6ClN3.C6H3ClN2/c7-5-4(6(8)9)2-1-3-10-5;7-6-5(4-8)2-1-3-9-6/h1-3H,(H3,8,9);1-3H. The van der Waals surface area contributed by atoms with Gasteiger partial charge in [-0.05, 0) is 24.3 Å². The second-order valence-electron chi connectivity index (χ2n) is 3.21. The van der Waals surface area contributed by atoms with Crippen molar-refractivity contribution in [2.24, 2.45) is 5.73 Å². The number of hydrogen-bond acceptors (Lipinski definition) is 4. The highest BCUT2D eigenvalue weighted by Crippen LogP contribution is 2.09. The van der Waals surface area contributed by atoms with Crippen LogP contribution in [0.3, 0.4) is 0 Å². The van der Waals surface area contributed by atoms with Crippen LogP contribution in [0.5, 0.6) is 0 Å². The predicted octanol–water partition coefficient (Wildman–Crippen LogP) is 2.63. The number of halogens is 2. The molecule has 0 fully saturated rings. The van der Waals surface area contributed by atoms with E-state index in [1.54, 1.807) is 36.7 Å². The number of aromatic nitrogens is 2. The normalized spacial score (nSPS) is 8.89. The molecule has 3 N–H and O–H groups in total. The molecule has 2 heterocycles. The minimum Gasteiger partial charge on any atom is -0.384 e. The molecule has 0 bridgehead atoms. The third kappa shape index (κ3) is 4.54. The first kappa shape index (κ1) is 14.9. The number of pyridine rings is 2. The Morgan fingerprint density at radius 1 is 1.16 bits per heavy atom. The fourth-order valence-corrected chi connectivity index (χ4v) is 1.44. The largest absolute Gasteiger partial charge is 0.384 e. The van der Waals surface area contributed by atoms with Gasteiger partial charge in [0.1, 0.15) is 22.2 Å². The van der Waals surface area contributed by atoms with Gasteiger partial charge in [-0.25, -0.2) is 9.97 Å². The molecular weight excluding hydrogens is 285 g/mol. The van der Waals surface area contributed by atoms with Gasteiger partial charge in [-0.15, -0.1) is 0 Å². The smallest absolute Gasteiger partial charge is 0.146 e. The molecule has 19 heavy (non-hydrogen) atoms. The van der Waals surface area contributed by atoms with Gasteiger partial charge in [0, 0.05) is 12.4 Å². The molecule has 7 heteroatoms. The molecule has 0 aliphatic carbocycles. The average Bonchev–Trinajstić information content (AvgIpc) is 2.40. The van der Waals surface area contributed by atoms with Crippen molar-refractivity contribution in [3.63, 3.8) is 0 Å². The van der Waals surface area contributed by atoms with E-state index in [-0.39, 0.29) is 16.1 Å². The molecule has 0 unspecified atom stereocenters. The number of amidine groups is 1. The molecule has 0 amide bonds. The van der Waals surface area contributed by atoms with Gasteiger partial charge in [-0.1, -0.05) is 23.2 Å². The van der Waals surface area contributed by atoms with Crippen molar-refractivity contribution in [1.29, 1.82) is 10.7 Å². The van der Waals surface area contributed by atoms with E-state index in [1.165, 1.54) is 0 Å². The molecule has 0 atom stereocenters. The first-order valence-corrected chi connectivity index (χ1v) is 5.77. The maximum atomic E-state index is 8.34. The lowest BCUT2D eigenvalue weighted by molar-refractivity contribution is 1.29. The molecule has 2 aromatic rings. The van der Waals surface area contributed by atoms with E-state index in [2.05, 4.69) is 9.97 Å². The Morgan fingerprint density at radius 3 is 2.11 bits per heavy atom. The molecule has 0 aliphatic rings. The second-order valence-corrected chi connectivity index (χ2v) is 3.93. The number of nitrogens with two attached hydrogens (primary N) is 1. The lowest BCUT2D eigenvalue weighted by atomic mass is 10.3. The maximum Gasteiger partial charge on any atom is 0.146 e. The van der Waals surface area contributed by atoms with Crippen LogP contribution in [-0.4, -0.2) is 15.8 Å². The summed E-state index contributed by atoms with van der Waals surface area (Å²) in [6, 6.07) is 8.53. The minimum atomic E-state index is -0.0573. The van der Waals surface area contributed by atoms with Gasteiger partial charge in [0.05, 0.1) is 11.1 Å². The van der Waals surface area contributed by atoms with E-state index >= 15 is 0 Å². The SMILES string of the molecule is N#Cc1cccnc1Cl.N=C(N)c1cccnc1Cl. The highest BCUT2D eigenvalue weighted by molar-refractivity contribution is 6.32. The summed E-state index contributed by atoms with van der Waals surface area (Å²) >= 11 is 11.1. The van der Waals surface area contributed by atoms with Crippen molar-refractivity contribution in [2.45, 2.75) is 0 Å². The molecule has 2 rings (SSSR count). The van der Waals surface area contributed by atoms with Gasteiger partial charge in [0.15, 0.2) is 0 Å². The molecule has 0 radical (unpaired) electrons. The zero-order valence-electron chi connectivity index (χ0n) is 9.64. The van der Waals surface area contributed by atoms with E-state index in [4.69, 9.17) is 39.6 Å². The maximum absolute atomic E-state index is 8.34. The van der Waals surface area contributed by atoms with E-state index in [0.29, 0.717) is 11.1 Å². The zero-order chi connectivity index (χ0) is 14.3. The number of rotatable bonds is 1. The fourth-order valence-electron chi connectivity index (χ4n) is 1.06. The number of nitrogen functional groups attached to an aromatic ring is 1. The lowest BCUT2D eigenvalue weighted by Gasteiger charge is -1.97. The van der Waals surface area contributed by atoms with Gasteiger partial charge in [-0.3, -0.25) is 5.41 Å². The summed E-state index contributed by atoms with van der Waals surface area (Å²) in [5.41, 5.74) is 6.07. The van der Waals surface area contributed by atoms with Crippen molar-refractivity contribution in [3.8, 4) is 6.07 Å². The van der Waals surface area contributed by atoms with E-state index in [1.807, 2.05) is 6.07 Å². The molecule has 5 nitrogen and oxygen atoms in total. The molecule has 2 aromatic heterocycles. The van der Waals surface area contributed by atoms with Crippen molar-refractivity contribution in [2.75, 3.05) is 0 Å². The summed E-state index contributed by atoms with van der Waals surface area (Å²) in [6.07, 6.45) is 3.10. The van der Waals surface area contributed by atoms with Gasteiger partial charge < -0.3 is 5.73 Å². The zero-order valence-corrected chi connectivity index (χ0v) is 11.2. The highest BCUT2D eigenvalue weighted by atomic mass is 35.5. The Kier molecular flexibility index (Phi) is 5.73. The van der Waals surface area contributed by atoms with Crippen LogP contribution in [0, 0.1) is 16.7 Å². The topological polar surface area (TPSA) is 99.4 Å². The molecule has 0 saturated carbocycles. The van der Waals surface area contributed by atoms with Crippen LogP contribution < -0.4 is 5.73 Å². The Morgan fingerprint density at radius 2 is 1.74 bits per heavy atom. The molecule has 0 spiro atoms. The van der Waals surface area contributed by atoms with Gasteiger partial charge in [0.25, 0.3) is 0 Å². The Balaban J connectivity index is 0.000000191. The lowest BCUT2D eigenvalue weighted by Crippen LogP contribution is -2.11. The third-order valence-corrected chi connectivity index (χ3v) is 2.53. The molecular formula is C12H9Cl2N5. The van der Waals surface area contributed by atoms with Crippen molar-refractivity contribution in [3.05, 3.63) is 58.1 Å². The molecule has 96 valence electrons. The van der Waals surface area contributed by atoms with Crippen molar-refractivity contribution in [1.82, 2.24) is 9.97 Å². The van der Waals surface area contributed by atoms with Crippen molar-refractivity contribution < 1.29 is 0 Å². The number of hydrogen-bond donors (Lipinski definition) is 2. The van der Waals surface area contributed by atoms with Crippen LogP contribution in [0.15, 0.2) is 36.7 Å². The third-order valence-electron chi connectivity index (χ3n) is 1.93. The summed E-state index contributed by atoms with van der Waals surface area (Å²) in [5, 5.41) is 15.9. The molecule has 0 aliphatic heterocycles. The monoisotopic (exact) mass is 293 g/mol. The minimum absolute atomic E-state index is 0.0573. The Labute approximate surface area is 120 Å². The first-order valence-electron chi connectivity index (χ1n) is 5.01. The first-order chi connectivity index (χ1) is 9.06. The number of nitrogens with one attached hydrogen (secondary N) is 1. The van der Waals surface area contributed by atoms with Crippen LogP contribution in [0.4, 0.5) is 0 Å².